The van der Waals surface area contributed by atoms with Crippen molar-refractivity contribution in [1.82, 2.24) is 20.1 Å². The number of fused-ring (bicyclic) bond motifs is 1. The van der Waals surface area contributed by atoms with Gasteiger partial charge in [0.2, 0.25) is 11.2 Å². The van der Waals surface area contributed by atoms with Crippen LogP contribution in [0.2, 0.25) is 0 Å². The van der Waals surface area contributed by atoms with Gasteiger partial charge in [-0.05, 0) is 96.6 Å². The normalized spacial score (nSPS) is 16.0. The number of aliphatic hydroxyl groups excluding tert-OH is 1. The molecule has 0 aliphatic carbocycles. The second-order valence-corrected chi connectivity index (χ2v) is 16.3. The Morgan fingerprint density at radius 3 is 2.16 bits per heavy atom. The molecule has 5 aromatic carbocycles. The second-order valence-electron chi connectivity index (χ2n) is 16.3. The molecule has 2 aliphatic heterocycles. The monoisotopic (exact) mass is 836 g/mol. The Balaban J connectivity index is 0.793. The van der Waals surface area contributed by atoms with Crippen molar-refractivity contribution in [2.45, 2.75) is 37.6 Å². The van der Waals surface area contributed by atoms with Gasteiger partial charge in [-0.25, -0.2) is 4.79 Å². The average Bonchev–Trinajstić information content (AvgIpc) is 3.29. The first-order valence-electron chi connectivity index (χ1n) is 20.7. The van der Waals surface area contributed by atoms with Gasteiger partial charge in [-0.1, -0.05) is 72.8 Å². The summed E-state index contributed by atoms with van der Waals surface area (Å²) in [4.78, 5) is 57.4. The lowest BCUT2D eigenvalue weighted by Crippen LogP contribution is -2.64. The Labute approximate surface area is 357 Å². The van der Waals surface area contributed by atoms with Crippen molar-refractivity contribution in [3.63, 3.8) is 0 Å². The molecule has 0 saturated carbocycles. The van der Waals surface area contributed by atoms with Gasteiger partial charge in [0.15, 0.2) is 0 Å². The number of rotatable bonds is 14. The molecule has 6 N–H and O–H groups in total. The summed E-state index contributed by atoms with van der Waals surface area (Å²) in [5, 5.41) is 46.0. The van der Waals surface area contributed by atoms with Crippen molar-refractivity contribution in [2.75, 3.05) is 39.3 Å². The number of phenols is 1. The van der Waals surface area contributed by atoms with Crippen LogP contribution in [0.25, 0.3) is 10.9 Å². The number of aliphatic hydroxyl groups is 2. The van der Waals surface area contributed by atoms with Crippen LogP contribution >= 0.6 is 0 Å². The molecule has 62 heavy (non-hydrogen) atoms. The molecular weight excluding hydrogens is 789 g/mol. The number of likely N-dealkylation sites (tertiary alicyclic amines) is 2. The third kappa shape index (κ3) is 8.68. The minimum atomic E-state index is -2.24. The molecule has 1 aromatic heterocycles. The van der Waals surface area contributed by atoms with Crippen molar-refractivity contribution in [1.29, 1.82) is 0 Å². The number of carbonyl (C=O) groups is 3. The molecule has 13 heteroatoms. The van der Waals surface area contributed by atoms with E-state index in [1.165, 1.54) is 18.2 Å². The van der Waals surface area contributed by atoms with Crippen molar-refractivity contribution in [3.8, 4) is 11.5 Å². The number of ether oxygens (including phenoxy) is 1. The predicted molar refractivity (Wildman–Crippen MR) is 232 cm³/mol. The largest absolute Gasteiger partial charge is 0.506 e. The lowest BCUT2D eigenvalue weighted by molar-refractivity contribution is -0.155. The minimum Gasteiger partial charge on any atom is -0.506 e. The fourth-order valence-electron chi connectivity index (χ4n) is 8.67. The summed E-state index contributed by atoms with van der Waals surface area (Å²) >= 11 is 0. The van der Waals surface area contributed by atoms with E-state index in [0.29, 0.717) is 72.5 Å². The van der Waals surface area contributed by atoms with Gasteiger partial charge in [0.1, 0.15) is 18.1 Å². The number of nitrogens with one attached hydrogen (secondary N) is 2. The number of carboxylic acid groups (broad SMARTS) is 1. The Bertz CT molecular complexity index is 2640. The number of carboxylic acids is 1. The summed E-state index contributed by atoms with van der Waals surface area (Å²) in [5.41, 5.74) is 1.60. The van der Waals surface area contributed by atoms with Gasteiger partial charge in [-0.3, -0.25) is 14.4 Å². The Morgan fingerprint density at radius 1 is 0.790 bits per heavy atom. The first kappa shape index (κ1) is 41.9. The van der Waals surface area contributed by atoms with Crippen LogP contribution in [0.1, 0.15) is 67.5 Å². The van der Waals surface area contributed by atoms with Gasteiger partial charge < -0.3 is 45.3 Å². The van der Waals surface area contributed by atoms with Crippen molar-refractivity contribution >= 4 is 28.7 Å². The smallest absolute Gasteiger partial charge is 0.345 e. The zero-order chi connectivity index (χ0) is 43.4. The zero-order valence-corrected chi connectivity index (χ0v) is 34.0. The van der Waals surface area contributed by atoms with Crippen LogP contribution in [0.15, 0.2) is 132 Å². The van der Waals surface area contributed by atoms with E-state index in [9.17, 15) is 39.6 Å². The van der Waals surface area contributed by atoms with Crippen molar-refractivity contribution in [3.05, 3.63) is 177 Å². The highest BCUT2D eigenvalue weighted by Crippen LogP contribution is 2.40. The number of aromatic nitrogens is 1. The fraction of sp³-hybridized carbons (Fsp3) is 0.265. The minimum absolute atomic E-state index is 0.0255. The molecule has 318 valence electrons. The molecule has 2 aliphatic rings. The molecule has 2 amide bonds. The molecule has 3 heterocycles. The van der Waals surface area contributed by atoms with Gasteiger partial charge in [0, 0.05) is 66.3 Å². The summed E-state index contributed by atoms with van der Waals surface area (Å²) in [6.07, 6.45) is 1.63. The quantitative estimate of drug-likeness (QED) is 0.0777. The summed E-state index contributed by atoms with van der Waals surface area (Å²) in [5.74, 6) is -1.16. The number of hydrogen-bond donors (Lipinski definition) is 6. The van der Waals surface area contributed by atoms with E-state index in [2.05, 4.69) is 10.3 Å². The molecule has 6 aromatic rings. The van der Waals surface area contributed by atoms with Crippen LogP contribution in [0.4, 0.5) is 0 Å². The van der Waals surface area contributed by atoms with E-state index in [1.54, 1.807) is 72.8 Å². The molecule has 2 fully saturated rings. The van der Waals surface area contributed by atoms with Gasteiger partial charge in [0.25, 0.3) is 11.8 Å². The number of aromatic amines is 1. The number of pyridine rings is 1. The summed E-state index contributed by atoms with van der Waals surface area (Å²) in [7, 11) is 0. The van der Waals surface area contributed by atoms with Crippen LogP contribution in [0.3, 0.4) is 0 Å². The average molecular weight is 837 g/mol. The van der Waals surface area contributed by atoms with Gasteiger partial charge >= 0.3 is 5.97 Å². The van der Waals surface area contributed by atoms with Crippen LogP contribution in [0, 0.1) is 5.41 Å². The SMILES string of the molecule is O=C(c1ccc(CCNC[C@H](O)c2ccc(O)c3[nH]c(=O)ccc23)cc1)N1CCCC2(C1)CN(C(=O)c1ccc(COc3cccc([C@](O)(C(=O)O)c4ccccc4)c3)cc1)C2. The zero-order valence-electron chi connectivity index (χ0n) is 34.0. The Kier molecular flexibility index (Phi) is 11.9. The Morgan fingerprint density at radius 2 is 1.45 bits per heavy atom. The third-order valence-electron chi connectivity index (χ3n) is 12.0. The van der Waals surface area contributed by atoms with Gasteiger partial charge in [-0.2, -0.15) is 0 Å². The lowest BCUT2D eigenvalue weighted by Gasteiger charge is -2.54. The van der Waals surface area contributed by atoms with Crippen LogP contribution in [-0.2, 0) is 23.4 Å². The van der Waals surface area contributed by atoms with Gasteiger partial charge in [0.05, 0.1) is 11.6 Å². The maximum absolute atomic E-state index is 13.6. The van der Waals surface area contributed by atoms with Crippen LogP contribution < -0.4 is 15.6 Å². The van der Waals surface area contributed by atoms with E-state index in [-0.39, 0.29) is 52.8 Å². The Hall–Kier alpha value is -6.80. The molecule has 0 bridgehead atoms. The number of hydrogen-bond acceptors (Lipinski definition) is 9. The number of carbonyl (C=O) groups excluding carboxylic acids is 2. The summed E-state index contributed by atoms with van der Waals surface area (Å²) in [6.45, 7) is 3.44. The maximum atomic E-state index is 13.6. The molecule has 2 saturated heterocycles. The van der Waals surface area contributed by atoms with E-state index in [4.69, 9.17) is 4.74 Å². The highest BCUT2D eigenvalue weighted by Gasteiger charge is 2.48. The number of benzene rings is 5. The van der Waals surface area contributed by atoms with E-state index in [0.717, 1.165) is 24.0 Å². The van der Waals surface area contributed by atoms with Gasteiger partial charge in [-0.15, -0.1) is 0 Å². The lowest BCUT2D eigenvalue weighted by atomic mass is 9.73. The highest BCUT2D eigenvalue weighted by atomic mass is 16.5. The molecule has 0 radical (unpaired) electrons. The molecular formula is C49H48N4O9. The number of H-pyrrole nitrogens is 1. The third-order valence-corrected chi connectivity index (χ3v) is 12.0. The number of piperidine rings is 1. The molecule has 8 rings (SSSR count). The fourth-order valence-corrected chi connectivity index (χ4v) is 8.67. The number of amides is 2. The number of nitrogens with zero attached hydrogens (tertiary/aromatic N) is 2. The first-order chi connectivity index (χ1) is 29.9. The number of phenolic OH excluding ortho intramolecular Hbond substituents is 1. The topological polar surface area (TPSA) is 193 Å². The number of aliphatic carboxylic acids is 1. The van der Waals surface area contributed by atoms with Crippen LogP contribution in [-0.4, -0.2) is 92.3 Å². The molecule has 13 nitrogen and oxygen atoms in total. The molecule has 1 spiro atoms. The maximum Gasteiger partial charge on any atom is 0.345 e. The molecule has 2 atom stereocenters. The van der Waals surface area contributed by atoms with E-state index in [1.807, 2.05) is 46.2 Å². The van der Waals surface area contributed by atoms with Crippen LogP contribution in [0.5, 0.6) is 11.5 Å². The second kappa shape index (κ2) is 17.7. The standard InChI is InChI=1S/C49H48N4O9/c54-41-20-18-39(40-19-21-43(56)51-44(40)41)42(55)27-50-24-22-32-10-14-34(15-11-32)45(57)52-25-5-23-48(29-52)30-53(31-48)46(58)35-16-12-33(13-17-35)28-62-38-9-4-8-37(26-38)49(61,47(59)60)36-6-2-1-3-7-36/h1-4,6-21,26,42,50,54-55,61H,5,22-25,27-31H2,(H,51,56)(H,59,60)/t42-,49-/m0/s1. The number of aromatic hydroxyl groups is 1. The summed E-state index contributed by atoms with van der Waals surface area (Å²) < 4.78 is 5.97. The predicted octanol–water partition coefficient (Wildman–Crippen LogP) is 5.38. The first-order valence-corrected chi connectivity index (χ1v) is 20.7. The van der Waals surface area contributed by atoms with E-state index < -0.39 is 17.7 Å². The van der Waals surface area contributed by atoms with E-state index >= 15 is 0 Å². The molecule has 0 unspecified atom stereocenters. The summed E-state index contributed by atoms with van der Waals surface area (Å²) in [6, 6.07) is 35.4. The van der Waals surface area contributed by atoms with Crippen molar-refractivity contribution in [2.24, 2.45) is 5.41 Å². The van der Waals surface area contributed by atoms with Crippen molar-refractivity contribution < 1.29 is 39.5 Å². The highest BCUT2D eigenvalue weighted by molar-refractivity contribution is 5.96.